The maximum Gasteiger partial charge on any atom is 0.176 e. The van der Waals surface area contributed by atoms with Gasteiger partial charge in [0.1, 0.15) is 0 Å². The minimum absolute atomic E-state index is 0.244. The van der Waals surface area contributed by atoms with Gasteiger partial charge in [0.2, 0.25) is 0 Å². The number of nitrogens with zero attached hydrogens (tertiary/aromatic N) is 2. The van der Waals surface area contributed by atoms with Gasteiger partial charge >= 0.3 is 0 Å². The lowest BCUT2D eigenvalue weighted by atomic mass is 9.63. The zero-order valence-corrected chi connectivity index (χ0v) is 12.8. The summed E-state index contributed by atoms with van der Waals surface area (Å²) in [6.45, 7) is 0. The van der Waals surface area contributed by atoms with Gasteiger partial charge < -0.3 is 5.11 Å². The third kappa shape index (κ3) is 2.61. The van der Waals surface area contributed by atoms with Gasteiger partial charge in [0.25, 0.3) is 0 Å². The van der Waals surface area contributed by atoms with Gasteiger partial charge in [-0.15, -0.1) is 0 Å². The monoisotopic (exact) mass is 302 g/mol. The second-order valence-electron chi connectivity index (χ2n) is 6.08. The second kappa shape index (κ2) is 6.24. The number of hydrogen-bond donors (Lipinski definition) is 1. The number of benzene rings is 2. The zero-order chi connectivity index (χ0) is 16.3. The minimum atomic E-state index is -1.34. The van der Waals surface area contributed by atoms with Crippen molar-refractivity contribution in [2.45, 2.75) is 31.3 Å². The first kappa shape index (κ1) is 15.3. The van der Waals surface area contributed by atoms with Crippen LogP contribution in [0.25, 0.3) is 11.1 Å². The number of nitriles is 2. The van der Waals surface area contributed by atoms with E-state index in [-0.39, 0.29) is 5.92 Å². The molecule has 1 aliphatic rings. The lowest BCUT2D eigenvalue weighted by Gasteiger charge is -2.37. The molecule has 0 spiro atoms. The highest BCUT2D eigenvalue weighted by atomic mass is 16.3. The smallest absolute Gasteiger partial charge is 0.176 e. The summed E-state index contributed by atoms with van der Waals surface area (Å²) in [6, 6.07) is 22.3. The van der Waals surface area contributed by atoms with Crippen molar-refractivity contribution < 1.29 is 5.11 Å². The zero-order valence-electron chi connectivity index (χ0n) is 12.8. The fourth-order valence-electron chi connectivity index (χ4n) is 3.50. The Kier molecular flexibility index (Phi) is 4.15. The second-order valence-corrected chi connectivity index (χ2v) is 6.08. The highest BCUT2D eigenvalue weighted by molar-refractivity contribution is 5.63. The Morgan fingerprint density at radius 1 is 0.870 bits per heavy atom. The van der Waals surface area contributed by atoms with Crippen molar-refractivity contribution in [3.63, 3.8) is 0 Å². The van der Waals surface area contributed by atoms with Crippen LogP contribution in [0.5, 0.6) is 0 Å². The van der Waals surface area contributed by atoms with E-state index >= 15 is 0 Å². The Morgan fingerprint density at radius 3 is 2.09 bits per heavy atom. The molecule has 0 amide bonds. The van der Waals surface area contributed by atoms with Crippen LogP contribution in [0.15, 0.2) is 54.6 Å². The Balaban J connectivity index is 1.95. The number of aliphatic hydroxyl groups is 1. The molecule has 0 bridgehead atoms. The van der Waals surface area contributed by atoms with E-state index in [9.17, 15) is 15.6 Å². The first-order valence-electron chi connectivity index (χ1n) is 7.87. The Labute approximate surface area is 136 Å². The predicted octanol–water partition coefficient (Wildman–Crippen LogP) is 4.02. The van der Waals surface area contributed by atoms with Crippen molar-refractivity contribution >= 4 is 0 Å². The molecule has 0 heterocycles. The lowest BCUT2D eigenvalue weighted by Crippen LogP contribution is -2.41. The van der Waals surface area contributed by atoms with Crippen LogP contribution in [0.4, 0.5) is 0 Å². The molecule has 0 radical (unpaired) electrons. The molecule has 0 saturated heterocycles. The normalized spacial score (nSPS) is 22.7. The number of rotatable bonds is 2. The molecule has 2 unspecified atom stereocenters. The van der Waals surface area contributed by atoms with E-state index in [1.807, 2.05) is 54.6 Å². The highest BCUT2D eigenvalue weighted by Gasteiger charge is 2.49. The molecule has 1 saturated carbocycles. The van der Waals surface area contributed by atoms with Crippen LogP contribution < -0.4 is 0 Å². The molecule has 1 aliphatic carbocycles. The van der Waals surface area contributed by atoms with Crippen LogP contribution in [0.2, 0.25) is 0 Å². The third-order valence-electron chi connectivity index (χ3n) is 4.84. The summed E-state index contributed by atoms with van der Waals surface area (Å²) in [6.07, 6.45) is 1.21. The summed E-state index contributed by atoms with van der Waals surface area (Å²) in [5.41, 5.74) is 1.85. The van der Waals surface area contributed by atoms with Gasteiger partial charge in [-0.1, -0.05) is 61.0 Å². The molecule has 0 aromatic heterocycles. The summed E-state index contributed by atoms with van der Waals surface area (Å²) in [7, 11) is 0. The molecule has 3 rings (SSSR count). The highest BCUT2D eigenvalue weighted by Crippen LogP contribution is 2.47. The Morgan fingerprint density at radius 2 is 1.48 bits per heavy atom. The van der Waals surface area contributed by atoms with Crippen LogP contribution in [-0.2, 0) is 0 Å². The van der Waals surface area contributed by atoms with Crippen molar-refractivity contribution in [1.29, 1.82) is 10.5 Å². The van der Waals surface area contributed by atoms with E-state index in [0.717, 1.165) is 29.5 Å². The van der Waals surface area contributed by atoms with Crippen LogP contribution in [0.3, 0.4) is 0 Å². The quantitative estimate of drug-likeness (QED) is 0.911. The summed E-state index contributed by atoms with van der Waals surface area (Å²) in [4.78, 5) is 0. The largest absolute Gasteiger partial charge is 0.390 e. The van der Waals surface area contributed by atoms with Gasteiger partial charge in [0.15, 0.2) is 5.41 Å². The van der Waals surface area contributed by atoms with E-state index in [2.05, 4.69) is 12.1 Å². The predicted molar refractivity (Wildman–Crippen MR) is 88.1 cm³/mol. The summed E-state index contributed by atoms with van der Waals surface area (Å²) >= 11 is 0. The van der Waals surface area contributed by atoms with Gasteiger partial charge in [0, 0.05) is 5.92 Å². The average molecular weight is 302 g/mol. The van der Waals surface area contributed by atoms with E-state index in [0.29, 0.717) is 6.42 Å². The third-order valence-corrected chi connectivity index (χ3v) is 4.84. The fraction of sp³-hybridized carbons (Fsp3) is 0.300. The molecule has 2 aromatic rings. The van der Waals surface area contributed by atoms with E-state index in [4.69, 9.17) is 0 Å². The van der Waals surface area contributed by atoms with Gasteiger partial charge in [-0.2, -0.15) is 10.5 Å². The molecule has 1 fully saturated rings. The summed E-state index contributed by atoms with van der Waals surface area (Å²) < 4.78 is 0. The van der Waals surface area contributed by atoms with Crippen LogP contribution in [-0.4, -0.2) is 11.2 Å². The van der Waals surface area contributed by atoms with E-state index in [1.165, 1.54) is 0 Å². The van der Waals surface area contributed by atoms with Crippen molar-refractivity contribution in [1.82, 2.24) is 0 Å². The molecule has 1 N–H and O–H groups in total. The standard InChI is InChI=1S/C20H18N2O/c21-13-20(14-22)18(7-4-8-19(20)23)17-11-9-16(10-12-17)15-5-2-1-3-6-15/h1-3,5-6,9-12,18-19,23H,4,7-8H2. The van der Waals surface area contributed by atoms with Gasteiger partial charge in [-0.25, -0.2) is 0 Å². The van der Waals surface area contributed by atoms with Gasteiger partial charge in [0.05, 0.1) is 18.2 Å². The van der Waals surface area contributed by atoms with Crippen molar-refractivity contribution in [3.8, 4) is 23.3 Å². The molecule has 2 aromatic carbocycles. The number of hydrogen-bond acceptors (Lipinski definition) is 3. The van der Waals surface area contributed by atoms with Crippen molar-refractivity contribution in [2.24, 2.45) is 5.41 Å². The minimum Gasteiger partial charge on any atom is -0.390 e. The van der Waals surface area contributed by atoms with Crippen LogP contribution in [0, 0.1) is 28.1 Å². The molecular formula is C20H18N2O. The SMILES string of the molecule is N#CC1(C#N)C(O)CCCC1c1ccc(-c2ccccc2)cc1. The molecule has 114 valence electrons. The maximum atomic E-state index is 10.2. The average Bonchev–Trinajstić information content (AvgIpc) is 2.63. The fourth-order valence-corrected chi connectivity index (χ4v) is 3.50. The van der Waals surface area contributed by atoms with E-state index in [1.54, 1.807) is 0 Å². The molecule has 23 heavy (non-hydrogen) atoms. The summed E-state index contributed by atoms with van der Waals surface area (Å²) in [5, 5.41) is 29.3. The van der Waals surface area contributed by atoms with E-state index < -0.39 is 11.5 Å². The first-order chi connectivity index (χ1) is 11.2. The number of aliphatic hydroxyl groups excluding tert-OH is 1. The Bertz CT molecular complexity index is 739. The molecule has 0 aliphatic heterocycles. The van der Waals surface area contributed by atoms with Crippen LogP contribution >= 0.6 is 0 Å². The Hall–Kier alpha value is -2.62. The first-order valence-corrected chi connectivity index (χ1v) is 7.87. The maximum absolute atomic E-state index is 10.2. The lowest BCUT2D eigenvalue weighted by molar-refractivity contribution is 0.0442. The molecular weight excluding hydrogens is 284 g/mol. The van der Waals surface area contributed by atoms with Gasteiger partial charge in [-0.05, 0) is 29.5 Å². The molecule has 3 heteroatoms. The molecule has 2 atom stereocenters. The summed E-state index contributed by atoms with van der Waals surface area (Å²) in [5.74, 6) is -0.244. The molecule has 3 nitrogen and oxygen atoms in total. The topological polar surface area (TPSA) is 67.8 Å². The van der Waals surface area contributed by atoms with Crippen molar-refractivity contribution in [2.75, 3.05) is 0 Å². The van der Waals surface area contributed by atoms with Crippen molar-refractivity contribution in [3.05, 3.63) is 60.2 Å². The van der Waals surface area contributed by atoms with Crippen LogP contribution in [0.1, 0.15) is 30.7 Å². The van der Waals surface area contributed by atoms with Gasteiger partial charge in [-0.3, -0.25) is 0 Å².